The molecule has 0 heterocycles. The number of nitrogens with one attached hydrogen (secondary N) is 1. The fraction of sp³-hybridized carbons (Fsp3) is 0.174. The Morgan fingerprint density at radius 2 is 1.57 bits per heavy atom. The van der Waals surface area contributed by atoms with Crippen molar-refractivity contribution in [2.45, 2.75) is 19.5 Å². The Morgan fingerprint density at radius 1 is 0.967 bits per heavy atom. The van der Waals surface area contributed by atoms with Gasteiger partial charge in [-0.1, -0.05) is 54.6 Å². The molecule has 5 nitrogen and oxygen atoms in total. The minimum absolute atomic E-state index is 0.109. The highest BCUT2D eigenvalue weighted by Gasteiger charge is 2.24. The van der Waals surface area contributed by atoms with Gasteiger partial charge in [-0.25, -0.2) is 12.8 Å². The van der Waals surface area contributed by atoms with Crippen LogP contribution >= 0.6 is 0 Å². The molecule has 3 aromatic rings. The van der Waals surface area contributed by atoms with Crippen molar-refractivity contribution in [3.8, 4) is 0 Å². The van der Waals surface area contributed by atoms with Crippen LogP contribution in [-0.2, 0) is 16.6 Å². The van der Waals surface area contributed by atoms with Gasteiger partial charge in [-0.2, -0.15) is 0 Å². The number of amides is 1. The molecule has 0 bridgehead atoms. The van der Waals surface area contributed by atoms with E-state index in [2.05, 4.69) is 5.32 Å². The number of carbonyl (C=O) groups excluding carboxylic acids is 1. The summed E-state index contributed by atoms with van der Waals surface area (Å²) in [7, 11) is -3.65. The molecule has 156 valence electrons. The first kappa shape index (κ1) is 21.5. The zero-order valence-corrected chi connectivity index (χ0v) is 17.6. The highest BCUT2D eigenvalue weighted by molar-refractivity contribution is 7.92. The van der Waals surface area contributed by atoms with Crippen LogP contribution in [0.2, 0.25) is 0 Å². The molecular weight excluding hydrogens is 403 g/mol. The van der Waals surface area contributed by atoms with Crippen LogP contribution in [0.1, 0.15) is 34.5 Å². The summed E-state index contributed by atoms with van der Waals surface area (Å²) in [6.45, 7) is 1.89. The Kier molecular flexibility index (Phi) is 6.52. The summed E-state index contributed by atoms with van der Waals surface area (Å²) in [6.07, 6.45) is 1.12. The molecule has 1 atom stereocenters. The number of carbonyl (C=O) groups is 1. The molecule has 0 aliphatic heterocycles. The molecule has 1 amide bonds. The van der Waals surface area contributed by atoms with E-state index in [0.717, 1.165) is 17.4 Å². The molecule has 0 aromatic heterocycles. The molecule has 7 heteroatoms. The molecule has 0 aliphatic rings. The first-order chi connectivity index (χ1) is 14.3. The zero-order valence-electron chi connectivity index (χ0n) is 16.7. The van der Waals surface area contributed by atoms with Gasteiger partial charge < -0.3 is 5.32 Å². The quantitative estimate of drug-likeness (QED) is 0.613. The van der Waals surface area contributed by atoms with Gasteiger partial charge in [0.15, 0.2) is 0 Å². The van der Waals surface area contributed by atoms with Crippen molar-refractivity contribution in [1.29, 1.82) is 0 Å². The SMILES string of the molecule is C[C@@H](NC(=O)c1ccccc1N(Cc1ccccc1)S(C)(=O)=O)c1ccc(F)cc1. The van der Waals surface area contributed by atoms with E-state index >= 15 is 0 Å². The summed E-state index contributed by atoms with van der Waals surface area (Å²) < 4.78 is 39.5. The minimum atomic E-state index is -3.65. The lowest BCUT2D eigenvalue weighted by atomic mass is 10.1. The van der Waals surface area contributed by atoms with Gasteiger partial charge in [-0.3, -0.25) is 9.10 Å². The standard InChI is InChI=1S/C23H23FN2O3S/c1-17(19-12-14-20(24)15-13-19)25-23(27)21-10-6-7-11-22(21)26(30(2,28)29)16-18-8-4-3-5-9-18/h3-15,17H,16H2,1-2H3,(H,25,27)/t17-/m1/s1. The normalized spacial score (nSPS) is 12.2. The summed E-state index contributed by atoms with van der Waals surface area (Å²) >= 11 is 0. The molecule has 0 fully saturated rings. The average molecular weight is 427 g/mol. The van der Waals surface area contributed by atoms with Crippen LogP contribution in [0.25, 0.3) is 0 Å². The van der Waals surface area contributed by atoms with E-state index in [-0.39, 0.29) is 24.0 Å². The van der Waals surface area contributed by atoms with Crippen molar-refractivity contribution >= 4 is 21.6 Å². The Bertz CT molecular complexity index is 1120. The smallest absolute Gasteiger partial charge is 0.253 e. The summed E-state index contributed by atoms with van der Waals surface area (Å²) in [5.74, 6) is -0.767. The summed E-state index contributed by atoms with van der Waals surface area (Å²) in [5, 5.41) is 2.86. The average Bonchev–Trinajstić information content (AvgIpc) is 2.72. The third kappa shape index (κ3) is 5.24. The van der Waals surface area contributed by atoms with Gasteiger partial charge in [-0.05, 0) is 42.3 Å². The number of sulfonamides is 1. The lowest BCUT2D eigenvalue weighted by Crippen LogP contribution is -2.33. The molecule has 30 heavy (non-hydrogen) atoms. The van der Waals surface area contributed by atoms with E-state index in [4.69, 9.17) is 0 Å². The number of benzene rings is 3. The molecule has 0 aliphatic carbocycles. The number of hydrogen-bond acceptors (Lipinski definition) is 3. The number of hydrogen-bond donors (Lipinski definition) is 1. The number of nitrogens with zero attached hydrogens (tertiary/aromatic N) is 1. The van der Waals surface area contributed by atoms with Gasteiger partial charge in [0.05, 0.1) is 30.1 Å². The highest BCUT2D eigenvalue weighted by Crippen LogP contribution is 2.26. The number of rotatable bonds is 7. The second-order valence-electron chi connectivity index (χ2n) is 7.02. The van der Waals surface area contributed by atoms with Gasteiger partial charge in [0.25, 0.3) is 5.91 Å². The predicted octanol–water partition coefficient (Wildman–Crippen LogP) is 4.28. The van der Waals surface area contributed by atoms with Crippen LogP contribution in [0, 0.1) is 5.82 Å². The van der Waals surface area contributed by atoms with E-state index in [1.54, 1.807) is 43.3 Å². The van der Waals surface area contributed by atoms with E-state index in [1.165, 1.54) is 16.4 Å². The first-order valence-electron chi connectivity index (χ1n) is 9.42. The number of anilines is 1. The molecule has 0 saturated carbocycles. The molecule has 0 saturated heterocycles. The Labute approximate surface area is 176 Å². The van der Waals surface area contributed by atoms with Gasteiger partial charge >= 0.3 is 0 Å². The van der Waals surface area contributed by atoms with E-state index in [9.17, 15) is 17.6 Å². The van der Waals surface area contributed by atoms with Crippen LogP contribution in [0.5, 0.6) is 0 Å². The van der Waals surface area contributed by atoms with Crippen LogP contribution in [0.4, 0.5) is 10.1 Å². The third-order valence-electron chi connectivity index (χ3n) is 4.70. The molecule has 0 unspecified atom stereocenters. The molecule has 3 rings (SSSR count). The fourth-order valence-corrected chi connectivity index (χ4v) is 4.02. The highest BCUT2D eigenvalue weighted by atomic mass is 32.2. The summed E-state index contributed by atoms with van der Waals surface area (Å²) in [6, 6.07) is 21.2. The van der Waals surface area contributed by atoms with Crippen molar-refractivity contribution in [1.82, 2.24) is 5.32 Å². The third-order valence-corrected chi connectivity index (χ3v) is 5.83. The molecule has 0 spiro atoms. The van der Waals surface area contributed by atoms with Gasteiger partial charge in [0.2, 0.25) is 10.0 Å². The van der Waals surface area contributed by atoms with Crippen LogP contribution in [0.15, 0.2) is 78.9 Å². The zero-order chi connectivity index (χ0) is 21.7. The predicted molar refractivity (Wildman–Crippen MR) is 116 cm³/mol. The van der Waals surface area contributed by atoms with E-state index < -0.39 is 15.9 Å². The van der Waals surface area contributed by atoms with Crippen molar-refractivity contribution < 1.29 is 17.6 Å². The lowest BCUT2D eigenvalue weighted by molar-refractivity contribution is 0.0940. The fourth-order valence-electron chi connectivity index (χ4n) is 3.12. The molecular formula is C23H23FN2O3S. The lowest BCUT2D eigenvalue weighted by Gasteiger charge is -2.25. The maximum Gasteiger partial charge on any atom is 0.253 e. The van der Waals surface area contributed by atoms with E-state index in [0.29, 0.717) is 5.69 Å². The minimum Gasteiger partial charge on any atom is -0.345 e. The van der Waals surface area contributed by atoms with Crippen molar-refractivity contribution in [2.75, 3.05) is 10.6 Å². The van der Waals surface area contributed by atoms with Crippen LogP contribution in [-0.4, -0.2) is 20.6 Å². The van der Waals surface area contributed by atoms with Gasteiger partial charge in [-0.15, -0.1) is 0 Å². The van der Waals surface area contributed by atoms with Crippen LogP contribution in [0.3, 0.4) is 0 Å². The number of para-hydroxylation sites is 1. The first-order valence-corrected chi connectivity index (χ1v) is 11.3. The largest absolute Gasteiger partial charge is 0.345 e. The Hall–Kier alpha value is -3.19. The summed E-state index contributed by atoms with van der Waals surface area (Å²) in [5.41, 5.74) is 2.09. The van der Waals surface area contributed by atoms with Crippen LogP contribution < -0.4 is 9.62 Å². The topological polar surface area (TPSA) is 66.5 Å². The molecule has 0 radical (unpaired) electrons. The maximum atomic E-state index is 13.2. The van der Waals surface area contributed by atoms with Gasteiger partial charge in [0, 0.05) is 0 Å². The van der Waals surface area contributed by atoms with E-state index in [1.807, 2.05) is 30.3 Å². The second kappa shape index (κ2) is 9.09. The second-order valence-corrected chi connectivity index (χ2v) is 8.93. The molecule has 3 aromatic carbocycles. The van der Waals surface area contributed by atoms with Gasteiger partial charge in [0.1, 0.15) is 5.82 Å². The Morgan fingerprint density at radius 3 is 2.20 bits per heavy atom. The summed E-state index contributed by atoms with van der Waals surface area (Å²) in [4.78, 5) is 13.0. The monoisotopic (exact) mass is 426 g/mol. The maximum absolute atomic E-state index is 13.2. The van der Waals surface area contributed by atoms with Crippen molar-refractivity contribution in [3.63, 3.8) is 0 Å². The van der Waals surface area contributed by atoms with Crippen molar-refractivity contribution in [2.24, 2.45) is 0 Å². The molecule has 1 N–H and O–H groups in total. The van der Waals surface area contributed by atoms with Crippen molar-refractivity contribution in [3.05, 3.63) is 101 Å². The number of halogens is 1. The Balaban J connectivity index is 1.91.